The van der Waals surface area contributed by atoms with Crippen LogP contribution in [0.25, 0.3) is 0 Å². The molecule has 0 saturated carbocycles. The Hall–Kier alpha value is -2.45. The van der Waals surface area contributed by atoms with Crippen LogP contribution in [0.5, 0.6) is 10.8 Å². The second-order valence-corrected chi connectivity index (χ2v) is 8.00. The SMILES string of the molecule is CC(=O)Nc1ccc(Oc2cnc(C(=O)N[C@H]3CN4CCC3CC4)s2)cc1. The number of ether oxygens (including phenoxy) is 1. The van der Waals surface area contributed by atoms with Crippen LogP contribution in [0.15, 0.2) is 30.5 Å². The molecule has 3 aliphatic heterocycles. The van der Waals surface area contributed by atoms with Gasteiger partial charge < -0.3 is 20.3 Å². The summed E-state index contributed by atoms with van der Waals surface area (Å²) in [7, 11) is 0. The second kappa shape index (κ2) is 7.66. The fraction of sp³-hybridized carbons (Fsp3) is 0.421. The van der Waals surface area contributed by atoms with Crippen molar-refractivity contribution in [2.45, 2.75) is 25.8 Å². The van der Waals surface area contributed by atoms with Gasteiger partial charge in [0.1, 0.15) is 5.75 Å². The zero-order chi connectivity index (χ0) is 18.8. The first-order chi connectivity index (χ1) is 13.1. The van der Waals surface area contributed by atoms with Gasteiger partial charge in [0.2, 0.25) is 11.0 Å². The molecule has 0 spiro atoms. The molecule has 2 bridgehead atoms. The third kappa shape index (κ3) is 4.28. The number of carbonyl (C=O) groups is 2. The van der Waals surface area contributed by atoms with Crippen molar-refractivity contribution in [2.75, 3.05) is 25.0 Å². The monoisotopic (exact) mass is 386 g/mol. The zero-order valence-electron chi connectivity index (χ0n) is 15.1. The lowest BCUT2D eigenvalue weighted by Gasteiger charge is -2.44. The molecule has 8 heteroatoms. The number of fused-ring (bicyclic) bond motifs is 3. The Balaban J connectivity index is 1.35. The Morgan fingerprint density at radius 3 is 2.59 bits per heavy atom. The van der Waals surface area contributed by atoms with Gasteiger partial charge in [0.15, 0.2) is 5.01 Å². The summed E-state index contributed by atoms with van der Waals surface area (Å²) in [6.45, 7) is 4.69. The first kappa shape index (κ1) is 17.9. The van der Waals surface area contributed by atoms with E-state index in [-0.39, 0.29) is 17.9 Å². The molecule has 0 radical (unpaired) electrons. The predicted molar refractivity (Wildman–Crippen MR) is 103 cm³/mol. The van der Waals surface area contributed by atoms with Crippen molar-refractivity contribution in [2.24, 2.45) is 5.92 Å². The largest absolute Gasteiger partial charge is 0.445 e. The number of amides is 2. The Kier molecular flexibility index (Phi) is 5.09. The van der Waals surface area contributed by atoms with E-state index < -0.39 is 0 Å². The summed E-state index contributed by atoms with van der Waals surface area (Å²) in [5.74, 6) is 0.952. The number of nitrogens with zero attached hydrogens (tertiary/aromatic N) is 2. The molecule has 1 atom stereocenters. The Labute approximate surface area is 161 Å². The first-order valence-electron chi connectivity index (χ1n) is 9.11. The molecule has 1 aromatic carbocycles. The van der Waals surface area contributed by atoms with Gasteiger partial charge in [0.05, 0.1) is 6.20 Å². The highest BCUT2D eigenvalue weighted by Gasteiger charge is 2.35. The van der Waals surface area contributed by atoms with Crippen LogP contribution in [0, 0.1) is 5.92 Å². The normalized spacial score (nSPS) is 23.7. The molecule has 2 aromatic rings. The smallest absolute Gasteiger partial charge is 0.280 e. The number of anilines is 1. The Bertz CT molecular complexity index is 828. The van der Waals surface area contributed by atoms with Crippen LogP contribution in [0.3, 0.4) is 0 Å². The molecule has 2 N–H and O–H groups in total. The second-order valence-electron chi connectivity index (χ2n) is 7.01. The predicted octanol–water partition coefficient (Wildman–Crippen LogP) is 2.72. The highest BCUT2D eigenvalue weighted by atomic mass is 32.1. The first-order valence-corrected chi connectivity index (χ1v) is 9.93. The van der Waals surface area contributed by atoms with E-state index in [4.69, 9.17) is 4.74 Å². The third-order valence-corrected chi connectivity index (χ3v) is 5.92. The van der Waals surface area contributed by atoms with E-state index in [9.17, 15) is 9.59 Å². The molecule has 27 heavy (non-hydrogen) atoms. The van der Waals surface area contributed by atoms with Gasteiger partial charge in [0, 0.05) is 25.2 Å². The Morgan fingerprint density at radius 2 is 1.96 bits per heavy atom. The molecule has 5 rings (SSSR count). The average Bonchev–Trinajstić information content (AvgIpc) is 3.13. The van der Waals surface area contributed by atoms with E-state index >= 15 is 0 Å². The van der Waals surface area contributed by atoms with E-state index in [0.29, 0.717) is 27.4 Å². The summed E-state index contributed by atoms with van der Waals surface area (Å²) in [6.07, 6.45) is 3.88. The summed E-state index contributed by atoms with van der Waals surface area (Å²) >= 11 is 1.23. The lowest BCUT2D eigenvalue weighted by Crippen LogP contribution is -2.57. The summed E-state index contributed by atoms with van der Waals surface area (Å²) in [5.41, 5.74) is 0.705. The van der Waals surface area contributed by atoms with Crippen molar-refractivity contribution < 1.29 is 14.3 Å². The van der Waals surface area contributed by atoms with E-state index in [1.807, 2.05) is 0 Å². The maximum absolute atomic E-state index is 12.5. The molecule has 4 heterocycles. The lowest BCUT2D eigenvalue weighted by molar-refractivity contribution is -0.114. The topological polar surface area (TPSA) is 83.6 Å². The minimum Gasteiger partial charge on any atom is -0.445 e. The molecule has 1 aromatic heterocycles. The molecular formula is C19H22N4O3S. The average molecular weight is 386 g/mol. The van der Waals surface area contributed by atoms with Gasteiger partial charge in [-0.05, 0) is 56.1 Å². The van der Waals surface area contributed by atoms with Crippen molar-refractivity contribution in [3.05, 3.63) is 35.5 Å². The van der Waals surface area contributed by atoms with E-state index in [1.165, 1.54) is 18.3 Å². The quantitative estimate of drug-likeness (QED) is 0.826. The van der Waals surface area contributed by atoms with Crippen LogP contribution < -0.4 is 15.4 Å². The van der Waals surface area contributed by atoms with Crippen molar-refractivity contribution in [1.29, 1.82) is 0 Å². The van der Waals surface area contributed by atoms with Crippen molar-refractivity contribution in [3.8, 4) is 10.8 Å². The molecule has 0 aliphatic carbocycles. The minimum atomic E-state index is -0.130. The third-order valence-electron chi connectivity index (χ3n) is 5.04. The van der Waals surface area contributed by atoms with Crippen molar-refractivity contribution in [1.82, 2.24) is 15.2 Å². The van der Waals surface area contributed by atoms with Crippen LogP contribution in [-0.4, -0.2) is 47.4 Å². The number of piperidine rings is 3. The Morgan fingerprint density at radius 1 is 1.22 bits per heavy atom. The van der Waals surface area contributed by atoms with E-state index in [0.717, 1.165) is 32.5 Å². The lowest BCUT2D eigenvalue weighted by atomic mass is 9.84. The maximum Gasteiger partial charge on any atom is 0.280 e. The summed E-state index contributed by atoms with van der Waals surface area (Å²) in [5, 5.41) is 6.82. The van der Waals surface area contributed by atoms with E-state index in [1.54, 1.807) is 30.5 Å². The highest BCUT2D eigenvalue weighted by Crippen LogP contribution is 2.30. The van der Waals surface area contributed by atoms with Crippen LogP contribution in [0.4, 0.5) is 5.69 Å². The standard InChI is InChI=1S/C19H22N4O3S/c1-12(24)21-14-2-4-15(5-3-14)26-17-10-20-19(27-17)18(25)22-16-11-23-8-6-13(16)7-9-23/h2-5,10,13,16H,6-9,11H2,1H3,(H,21,24)(H,22,25)/t16-/m0/s1. The summed E-state index contributed by atoms with van der Waals surface area (Å²) in [4.78, 5) is 30.2. The molecule has 3 saturated heterocycles. The van der Waals surface area contributed by atoms with Crippen LogP contribution >= 0.6 is 11.3 Å². The number of thiazole rings is 1. The van der Waals surface area contributed by atoms with Crippen molar-refractivity contribution in [3.63, 3.8) is 0 Å². The number of benzene rings is 1. The number of aromatic nitrogens is 1. The van der Waals surface area contributed by atoms with Gasteiger partial charge in [-0.1, -0.05) is 11.3 Å². The van der Waals surface area contributed by atoms with Gasteiger partial charge in [-0.25, -0.2) is 4.98 Å². The molecule has 3 aliphatic rings. The number of hydrogen-bond acceptors (Lipinski definition) is 6. The molecular weight excluding hydrogens is 364 g/mol. The number of hydrogen-bond donors (Lipinski definition) is 2. The van der Waals surface area contributed by atoms with E-state index in [2.05, 4.69) is 20.5 Å². The van der Waals surface area contributed by atoms with Gasteiger partial charge in [-0.15, -0.1) is 0 Å². The summed E-state index contributed by atoms with van der Waals surface area (Å²) in [6, 6.07) is 7.27. The molecule has 142 valence electrons. The minimum absolute atomic E-state index is 0.121. The fourth-order valence-corrected chi connectivity index (χ4v) is 4.39. The van der Waals surface area contributed by atoms with Gasteiger partial charge in [-0.2, -0.15) is 0 Å². The van der Waals surface area contributed by atoms with Gasteiger partial charge in [-0.3, -0.25) is 9.59 Å². The van der Waals surface area contributed by atoms with Crippen molar-refractivity contribution >= 4 is 28.8 Å². The number of carbonyl (C=O) groups excluding carboxylic acids is 2. The summed E-state index contributed by atoms with van der Waals surface area (Å²) < 4.78 is 5.76. The van der Waals surface area contributed by atoms with Gasteiger partial charge in [0.25, 0.3) is 5.91 Å². The van der Waals surface area contributed by atoms with Crippen LogP contribution in [-0.2, 0) is 4.79 Å². The van der Waals surface area contributed by atoms with Crippen LogP contribution in [0.1, 0.15) is 29.6 Å². The van der Waals surface area contributed by atoms with Gasteiger partial charge >= 0.3 is 0 Å². The number of rotatable bonds is 5. The maximum atomic E-state index is 12.5. The highest BCUT2D eigenvalue weighted by molar-refractivity contribution is 7.15. The number of nitrogens with one attached hydrogen (secondary N) is 2. The molecule has 3 fully saturated rings. The molecule has 7 nitrogen and oxygen atoms in total. The molecule has 0 unspecified atom stereocenters. The fourth-order valence-electron chi connectivity index (χ4n) is 3.70. The zero-order valence-corrected chi connectivity index (χ0v) is 15.9. The van der Waals surface area contributed by atoms with Crippen LogP contribution in [0.2, 0.25) is 0 Å². The molecule has 2 amide bonds.